The molecule has 0 radical (unpaired) electrons. The molecule has 1 amide bonds. The van der Waals surface area contributed by atoms with Crippen LogP contribution in [0.5, 0.6) is 0 Å². The van der Waals surface area contributed by atoms with Gasteiger partial charge < -0.3 is 4.90 Å². The maximum atomic E-state index is 12.3. The van der Waals surface area contributed by atoms with Crippen molar-refractivity contribution in [3.05, 3.63) is 48.0 Å². The first-order chi connectivity index (χ1) is 10.2. The zero-order chi connectivity index (χ0) is 14.7. The molecule has 6 nitrogen and oxygen atoms in total. The maximum Gasteiger partial charge on any atom is 0.257 e. The first kappa shape index (κ1) is 13.8. The van der Waals surface area contributed by atoms with Crippen LogP contribution < -0.4 is 0 Å². The Kier molecular flexibility index (Phi) is 3.96. The lowest BCUT2D eigenvalue weighted by Crippen LogP contribution is -2.48. The van der Waals surface area contributed by atoms with Gasteiger partial charge in [0.2, 0.25) is 0 Å². The number of hydrogen-bond acceptors (Lipinski definition) is 4. The van der Waals surface area contributed by atoms with Crippen molar-refractivity contribution in [3.8, 4) is 0 Å². The summed E-state index contributed by atoms with van der Waals surface area (Å²) in [6, 6.07) is 5.96. The van der Waals surface area contributed by atoms with Crippen molar-refractivity contribution >= 4 is 5.91 Å². The first-order valence-corrected chi connectivity index (χ1v) is 7.12. The van der Waals surface area contributed by atoms with Gasteiger partial charge in [-0.05, 0) is 12.1 Å². The van der Waals surface area contributed by atoms with Crippen molar-refractivity contribution in [1.29, 1.82) is 0 Å². The van der Waals surface area contributed by atoms with E-state index in [1.54, 1.807) is 17.1 Å². The van der Waals surface area contributed by atoms with E-state index in [1.807, 2.05) is 36.3 Å². The number of hydrogen-bond donors (Lipinski definition) is 0. The fourth-order valence-electron chi connectivity index (χ4n) is 2.54. The standard InChI is InChI=1S/C15H19N5O/c1-18-11-13(10-17-18)15(21)20-8-6-19(7-9-20)12-14-4-2-3-5-16-14/h2-5,10-11H,6-9,12H2,1H3. The molecular formula is C15H19N5O. The van der Waals surface area contributed by atoms with Gasteiger partial charge in [-0.2, -0.15) is 5.10 Å². The van der Waals surface area contributed by atoms with E-state index < -0.39 is 0 Å². The van der Waals surface area contributed by atoms with Crippen molar-refractivity contribution < 1.29 is 4.79 Å². The van der Waals surface area contributed by atoms with Crippen LogP contribution in [0.3, 0.4) is 0 Å². The van der Waals surface area contributed by atoms with E-state index in [0.717, 1.165) is 38.4 Å². The van der Waals surface area contributed by atoms with Crippen LogP contribution in [0, 0.1) is 0 Å². The second-order valence-corrected chi connectivity index (χ2v) is 5.29. The molecule has 0 unspecified atom stereocenters. The van der Waals surface area contributed by atoms with Gasteiger partial charge in [-0.25, -0.2) is 0 Å². The van der Waals surface area contributed by atoms with Gasteiger partial charge in [0.25, 0.3) is 5.91 Å². The SMILES string of the molecule is Cn1cc(C(=O)N2CCN(Cc3ccccn3)CC2)cn1. The summed E-state index contributed by atoms with van der Waals surface area (Å²) in [6.45, 7) is 4.10. The number of pyridine rings is 1. The number of amides is 1. The van der Waals surface area contributed by atoms with Gasteiger partial charge in [-0.1, -0.05) is 6.07 Å². The molecule has 3 heterocycles. The highest BCUT2D eigenvalue weighted by Gasteiger charge is 2.23. The topological polar surface area (TPSA) is 54.3 Å². The number of carbonyl (C=O) groups is 1. The van der Waals surface area contributed by atoms with Gasteiger partial charge in [0.05, 0.1) is 17.5 Å². The van der Waals surface area contributed by atoms with E-state index in [1.165, 1.54) is 0 Å². The van der Waals surface area contributed by atoms with Gasteiger partial charge in [0, 0.05) is 52.2 Å². The molecule has 1 fully saturated rings. The molecular weight excluding hydrogens is 266 g/mol. The molecule has 0 spiro atoms. The molecule has 0 bridgehead atoms. The monoisotopic (exact) mass is 285 g/mol. The van der Waals surface area contributed by atoms with E-state index in [0.29, 0.717) is 5.56 Å². The van der Waals surface area contributed by atoms with Gasteiger partial charge in [-0.15, -0.1) is 0 Å². The lowest BCUT2D eigenvalue weighted by molar-refractivity contribution is 0.0627. The van der Waals surface area contributed by atoms with Crippen LogP contribution in [0.4, 0.5) is 0 Å². The highest BCUT2D eigenvalue weighted by Crippen LogP contribution is 2.10. The van der Waals surface area contributed by atoms with Gasteiger partial charge >= 0.3 is 0 Å². The summed E-state index contributed by atoms with van der Waals surface area (Å²) < 4.78 is 1.66. The number of aromatic nitrogens is 3. The molecule has 1 aliphatic heterocycles. The summed E-state index contributed by atoms with van der Waals surface area (Å²) in [5, 5.41) is 4.05. The lowest BCUT2D eigenvalue weighted by atomic mass is 10.2. The van der Waals surface area contributed by atoms with Crippen molar-refractivity contribution in [2.45, 2.75) is 6.54 Å². The molecule has 2 aromatic heterocycles. The molecule has 1 saturated heterocycles. The molecule has 0 N–H and O–H groups in total. The van der Waals surface area contributed by atoms with Crippen LogP contribution in [0.2, 0.25) is 0 Å². The Morgan fingerprint density at radius 3 is 2.67 bits per heavy atom. The number of piperazine rings is 1. The van der Waals surface area contributed by atoms with Crippen LogP contribution in [0.1, 0.15) is 16.1 Å². The molecule has 110 valence electrons. The second kappa shape index (κ2) is 6.05. The Hall–Kier alpha value is -2.21. The lowest BCUT2D eigenvalue weighted by Gasteiger charge is -2.34. The fraction of sp³-hybridized carbons (Fsp3) is 0.400. The van der Waals surface area contributed by atoms with Gasteiger partial charge in [0.15, 0.2) is 0 Å². The van der Waals surface area contributed by atoms with Crippen LogP contribution in [-0.4, -0.2) is 56.7 Å². The average molecular weight is 285 g/mol. The zero-order valence-electron chi connectivity index (χ0n) is 12.1. The van der Waals surface area contributed by atoms with Crippen LogP contribution in [-0.2, 0) is 13.6 Å². The Balaban J connectivity index is 1.54. The van der Waals surface area contributed by atoms with E-state index in [4.69, 9.17) is 0 Å². The van der Waals surface area contributed by atoms with Crippen molar-refractivity contribution in [3.63, 3.8) is 0 Å². The van der Waals surface area contributed by atoms with E-state index in [-0.39, 0.29) is 5.91 Å². The van der Waals surface area contributed by atoms with Gasteiger partial charge in [0.1, 0.15) is 0 Å². The predicted octanol–water partition coefficient (Wildman–Crippen LogP) is 0.773. The minimum atomic E-state index is 0.0700. The summed E-state index contributed by atoms with van der Waals surface area (Å²) in [5.74, 6) is 0.0700. The predicted molar refractivity (Wildman–Crippen MR) is 78.6 cm³/mol. The molecule has 0 saturated carbocycles. The minimum absolute atomic E-state index is 0.0700. The van der Waals surface area contributed by atoms with Gasteiger partial charge in [-0.3, -0.25) is 19.4 Å². The maximum absolute atomic E-state index is 12.3. The number of rotatable bonds is 3. The zero-order valence-corrected chi connectivity index (χ0v) is 12.1. The summed E-state index contributed by atoms with van der Waals surface area (Å²) in [7, 11) is 1.82. The van der Waals surface area contributed by atoms with Crippen molar-refractivity contribution in [2.24, 2.45) is 7.05 Å². The Bertz CT molecular complexity index is 602. The van der Waals surface area contributed by atoms with Crippen LogP contribution >= 0.6 is 0 Å². The molecule has 0 atom stereocenters. The molecule has 21 heavy (non-hydrogen) atoms. The molecule has 1 aliphatic rings. The summed E-state index contributed by atoms with van der Waals surface area (Å²) in [4.78, 5) is 20.9. The average Bonchev–Trinajstić information content (AvgIpc) is 2.95. The quantitative estimate of drug-likeness (QED) is 0.836. The molecule has 0 aliphatic carbocycles. The third kappa shape index (κ3) is 3.28. The summed E-state index contributed by atoms with van der Waals surface area (Å²) in [5.41, 5.74) is 1.74. The normalized spacial score (nSPS) is 16.1. The molecule has 0 aromatic carbocycles. The third-order valence-electron chi connectivity index (χ3n) is 3.72. The molecule has 2 aromatic rings. The Labute approximate surface area is 124 Å². The molecule has 3 rings (SSSR count). The summed E-state index contributed by atoms with van der Waals surface area (Å²) >= 11 is 0. The van der Waals surface area contributed by atoms with E-state index >= 15 is 0 Å². The first-order valence-electron chi connectivity index (χ1n) is 7.12. The Morgan fingerprint density at radius 1 is 1.24 bits per heavy atom. The number of nitrogens with zero attached hydrogens (tertiary/aromatic N) is 5. The minimum Gasteiger partial charge on any atom is -0.336 e. The largest absolute Gasteiger partial charge is 0.336 e. The van der Waals surface area contributed by atoms with E-state index in [9.17, 15) is 4.79 Å². The van der Waals surface area contributed by atoms with E-state index in [2.05, 4.69) is 15.0 Å². The number of aryl methyl sites for hydroxylation is 1. The van der Waals surface area contributed by atoms with Crippen LogP contribution in [0.15, 0.2) is 36.8 Å². The number of carbonyl (C=O) groups excluding carboxylic acids is 1. The highest BCUT2D eigenvalue weighted by atomic mass is 16.2. The van der Waals surface area contributed by atoms with Crippen LogP contribution in [0.25, 0.3) is 0 Å². The highest BCUT2D eigenvalue weighted by molar-refractivity contribution is 5.93. The smallest absolute Gasteiger partial charge is 0.257 e. The summed E-state index contributed by atoms with van der Waals surface area (Å²) in [6.07, 6.45) is 5.21. The molecule has 6 heteroatoms. The fourth-order valence-corrected chi connectivity index (χ4v) is 2.54. The third-order valence-corrected chi connectivity index (χ3v) is 3.72. The van der Waals surface area contributed by atoms with Crippen molar-refractivity contribution in [1.82, 2.24) is 24.6 Å². The van der Waals surface area contributed by atoms with Crippen molar-refractivity contribution in [2.75, 3.05) is 26.2 Å². The Morgan fingerprint density at radius 2 is 2.05 bits per heavy atom. The second-order valence-electron chi connectivity index (χ2n) is 5.29.